The van der Waals surface area contributed by atoms with Crippen LogP contribution in [-0.4, -0.2) is 63.1 Å². The third kappa shape index (κ3) is 3.56. The molecule has 3 aromatic carbocycles. The summed E-state index contributed by atoms with van der Waals surface area (Å²) >= 11 is 0. The van der Waals surface area contributed by atoms with Gasteiger partial charge in [0.2, 0.25) is 23.1 Å². The minimum atomic E-state index is -2.00. The lowest BCUT2D eigenvalue weighted by Crippen LogP contribution is -2.45. The molecule has 0 N–H and O–H groups in total. The van der Waals surface area contributed by atoms with Gasteiger partial charge in [-0.2, -0.15) is 0 Å². The summed E-state index contributed by atoms with van der Waals surface area (Å²) in [7, 11) is 5.09. The van der Waals surface area contributed by atoms with E-state index in [-0.39, 0.29) is 22.3 Å². The fraction of sp³-hybridized carbons (Fsp3) is 0.235. The van der Waals surface area contributed by atoms with Crippen LogP contribution in [0.4, 0.5) is 0 Å². The monoisotopic (exact) mass is 564 g/mol. The topological polar surface area (TPSA) is 105 Å². The molecule has 1 unspecified atom stereocenters. The fourth-order valence-electron chi connectivity index (χ4n) is 6.40. The Morgan fingerprint density at radius 2 is 1.10 bits per heavy atom. The van der Waals surface area contributed by atoms with E-state index in [1.807, 2.05) is 54.6 Å². The van der Waals surface area contributed by atoms with Crippen molar-refractivity contribution >= 4 is 28.7 Å². The van der Waals surface area contributed by atoms with Crippen LogP contribution in [0.25, 0.3) is 5.57 Å². The second-order valence-electron chi connectivity index (χ2n) is 10.5. The van der Waals surface area contributed by atoms with Crippen LogP contribution in [0.3, 0.4) is 0 Å². The maximum absolute atomic E-state index is 13.4. The molecule has 8 nitrogen and oxygen atoms in total. The SMILES string of the molecule is COC1(OC)C(=O)c2ccc(C3=CC=CC(c4ccccc4)(c4ccc5c(c4)C(=O)C(OC)(OC)C5=O)C3)cc2C1=O. The van der Waals surface area contributed by atoms with Crippen LogP contribution in [-0.2, 0) is 24.4 Å². The standard InChI is InChI=1S/C34H28O8/c1-39-33(40-2)28(35)24-14-12-20(17-26(24)30(33)37)21-9-8-16-32(19-21,22-10-6-5-7-11-22)23-13-15-25-27(18-23)31(38)34(41-3,42-4)29(25)36/h5-18H,19H2,1-4H3. The Labute approximate surface area is 242 Å². The van der Waals surface area contributed by atoms with Crippen molar-refractivity contribution in [3.63, 3.8) is 0 Å². The highest BCUT2D eigenvalue weighted by Gasteiger charge is 2.56. The normalized spacial score (nSPS) is 21.9. The molecule has 0 bridgehead atoms. The maximum Gasteiger partial charge on any atom is 0.299 e. The molecule has 3 aromatic rings. The molecule has 0 radical (unpaired) electrons. The van der Waals surface area contributed by atoms with E-state index in [0.29, 0.717) is 6.42 Å². The van der Waals surface area contributed by atoms with Gasteiger partial charge in [-0.3, -0.25) is 19.2 Å². The van der Waals surface area contributed by atoms with E-state index in [9.17, 15) is 19.2 Å². The van der Waals surface area contributed by atoms with Gasteiger partial charge >= 0.3 is 0 Å². The number of methoxy groups -OCH3 is 4. The molecule has 0 fully saturated rings. The number of ether oxygens (including phenoxy) is 4. The molecule has 0 saturated carbocycles. The number of benzene rings is 3. The zero-order valence-corrected chi connectivity index (χ0v) is 23.6. The van der Waals surface area contributed by atoms with Crippen LogP contribution >= 0.6 is 0 Å². The maximum atomic E-state index is 13.4. The van der Waals surface area contributed by atoms with E-state index >= 15 is 0 Å². The van der Waals surface area contributed by atoms with Gasteiger partial charge in [-0.1, -0.05) is 66.8 Å². The van der Waals surface area contributed by atoms with Gasteiger partial charge in [-0.05, 0) is 46.9 Å². The zero-order valence-electron chi connectivity index (χ0n) is 23.6. The van der Waals surface area contributed by atoms with Gasteiger partial charge in [-0.15, -0.1) is 0 Å². The smallest absolute Gasteiger partial charge is 0.299 e. The van der Waals surface area contributed by atoms with Crippen molar-refractivity contribution in [1.29, 1.82) is 0 Å². The summed E-state index contributed by atoms with van der Waals surface area (Å²) in [5.41, 5.74) is 3.66. The minimum absolute atomic E-state index is 0.234. The number of ketones is 4. The van der Waals surface area contributed by atoms with Gasteiger partial charge in [0.25, 0.3) is 11.6 Å². The van der Waals surface area contributed by atoms with Crippen molar-refractivity contribution < 1.29 is 38.1 Å². The Morgan fingerprint density at radius 1 is 0.571 bits per heavy atom. The second kappa shape index (κ2) is 9.89. The highest BCUT2D eigenvalue weighted by molar-refractivity contribution is 6.32. The summed E-state index contributed by atoms with van der Waals surface area (Å²) in [5, 5.41) is 0. The zero-order chi connectivity index (χ0) is 29.9. The quantitative estimate of drug-likeness (QED) is 0.299. The molecular formula is C34H28O8. The molecule has 8 heteroatoms. The average Bonchev–Trinajstić information content (AvgIpc) is 3.39. The second-order valence-corrected chi connectivity index (χ2v) is 10.5. The molecule has 3 aliphatic carbocycles. The highest BCUT2D eigenvalue weighted by atomic mass is 16.7. The third-order valence-electron chi connectivity index (χ3n) is 8.69. The van der Waals surface area contributed by atoms with Crippen LogP contribution in [0.15, 0.2) is 85.0 Å². The fourth-order valence-corrected chi connectivity index (χ4v) is 6.40. The molecule has 0 aliphatic heterocycles. The summed E-state index contributed by atoms with van der Waals surface area (Å²) < 4.78 is 21.1. The predicted molar refractivity (Wildman–Crippen MR) is 153 cm³/mol. The van der Waals surface area contributed by atoms with Crippen molar-refractivity contribution in [1.82, 2.24) is 0 Å². The van der Waals surface area contributed by atoms with Crippen molar-refractivity contribution in [3.8, 4) is 0 Å². The number of hydrogen-bond donors (Lipinski definition) is 0. The van der Waals surface area contributed by atoms with E-state index in [1.54, 1.807) is 24.3 Å². The number of rotatable bonds is 7. The summed E-state index contributed by atoms with van der Waals surface area (Å²) in [6.45, 7) is 0. The van der Waals surface area contributed by atoms with Crippen molar-refractivity contribution in [2.24, 2.45) is 0 Å². The number of Topliss-reactive ketones (excluding diaryl/α,β-unsaturated/α-hetero) is 4. The van der Waals surface area contributed by atoms with Gasteiger partial charge in [0.15, 0.2) is 0 Å². The molecule has 212 valence electrons. The van der Waals surface area contributed by atoms with E-state index in [2.05, 4.69) is 6.08 Å². The number of carbonyl (C=O) groups excluding carboxylic acids is 4. The molecule has 0 saturated heterocycles. The lowest BCUT2D eigenvalue weighted by atomic mass is 9.67. The largest absolute Gasteiger partial charge is 0.341 e. The molecule has 3 aliphatic rings. The Morgan fingerprint density at radius 3 is 1.67 bits per heavy atom. The summed E-state index contributed by atoms with van der Waals surface area (Å²) in [6, 6.07) is 20.2. The lowest BCUT2D eigenvalue weighted by Gasteiger charge is -2.35. The molecule has 0 heterocycles. The molecule has 1 atom stereocenters. The predicted octanol–water partition coefficient (Wildman–Crippen LogP) is 4.75. The van der Waals surface area contributed by atoms with Gasteiger partial charge in [-0.25, -0.2) is 0 Å². The van der Waals surface area contributed by atoms with E-state index in [1.165, 1.54) is 28.4 Å². The van der Waals surface area contributed by atoms with E-state index in [0.717, 1.165) is 22.3 Å². The van der Waals surface area contributed by atoms with E-state index < -0.39 is 40.1 Å². The van der Waals surface area contributed by atoms with Crippen LogP contribution in [0.2, 0.25) is 0 Å². The van der Waals surface area contributed by atoms with Crippen molar-refractivity contribution in [2.75, 3.05) is 28.4 Å². The van der Waals surface area contributed by atoms with Gasteiger partial charge in [0, 0.05) is 56.1 Å². The highest BCUT2D eigenvalue weighted by Crippen LogP contribution is 2.47. The van der Waals surface area contributed by atoms with Gasteiger partial charge < -0.3 is 18.9 Å². The van der Waals surface area contributed by atoms with Crippen molar-refractivity contribution in [3.05, 3.63) is 124 Å². The van der Waals surface area contributed by atoms with Crippen molar-refractivity contribution in [2.45, 2.75) is 23.4 Å². The Kier molecular flexibility index (Phi) is 6.55. The number of carbonyl (C=O) groups is 4. The van der Waals surface area contributed by atoms with Crippen LogP contribution < -0.4 is 0 Å². The Bertz CT molecular complexity index is 1720. The molecular weight excluding hydrogens is 536 g/mol. The molecule has 42 heavy (non-hydrogen) atoms. The first-order chi connectivity index (χ1) is 20.2. The lowest BCUT2D eigenvalue weighted by molar-refractivity contribution is -0.133. The Hall–Kier alpha value is -4.34. The first-order valence-corrected chi connectivity index (χ1v) is 13.4. The molecule has 6 rings (SSSR count). The van der Waals surface area contributed by atoms with Crippen LogP contribution in [0.1, 0.15) is 64.5 Å². The average molecular weight is 565 g/mol. The third-order valence-corrected chi connectivity index (χ3v) is 8.69. The first-order valence-electron chi connectivity index (χ1n) is 13.4. The summed E-state index contributed by atoms with van der Waals surface area (Å²) in [6.07, 6.45) is 6.44. The summed E-state index contributed by atoms with van der Waals surface area (Å²) in [5.74, 6) is -6.14. The number of allylic oxidation sites excluding steroid dienone is 4. The molecule has 0 spiro atoms. The first kappa shape index (κ1) is 27.8. The molecule has 0 aromatic heterocycles. The van der Waals surface area contributed by atoms with E-state index in [4.69, 9.17) is 18.9 Å². The summed E-state index contributed by atoms with van der Waals surface area (Å²) in [4.78, 5) is 52.9. The minimum Gasteiger partial charge on any atom is -0.341 e. The number of hydrogen-bond acceptors (Lipinski definition) is 8. The van der Waals surface area contributed by atoms with Gasteiger partial charge in [0.1, 0.15) is 0 Å². The molecule has 0 amide bonds. The Balaban J connectivity index is 1.45. The van der Waals surface area contributed by atoms with Gasteiger partial charge in [0.05, 0.1) is 0 Å². The van der Waals surface area contributed by atoms with Crippen LogP contribution in [0, 0.1) is 0 Å². The van der Waals surface area contributed by atoms with Crippen LogP contribution in [0.5, 0.6) is 0 Å². The number of fused-ring (bicyclic) bond motifs is 2.